The molecule has 1 amide bonds. The van der Waals surface area contributed by atoms with Crippen molar-refractivity contribution in [1.29, 1.82) is 0 Å². The number of hydrogen-bond acceptors (Lipinski definition) is 9. The minimum atomic E-state index is -0.581. The second-order valence-corrected chi connectivity index (χ2v) is 6.67. The van der Waals surface area contributed by atoms with E-state index in [0.717, 1.165) is 18.4 Å². The highest BCUT2D eigenvalue weighted by Gasteiger charge is 2.24. The van der Waals surface area contributed by atoms with Crippen molar-refractivity contribution in [3.8, 4) is 0 Å². The van der Waals surface area contributed by atoms with Crippen molar-refractivity contribution in [3.05, 3.63) is 53.5 Å². The number of carbonyl (C=O) groups is 1. The number of carbonyl (C=O) groups excluding carboxylic acids is 1. The number of pyridine rings is 1. The summed E-state index contributed by atoms with van der Waals surface area (Å²) in [5.74, 6) is 0.857. The van der Waals surface area contributed by atoms with Crippen LogP contribution in [-0.2, 0) is 28.0 Å². The number of aryl methyl sites for hydroxylation is 1. The zero-order valence-corrected chi connectivity index (χ0v) is 16.4. The summed E-state index contributed by atoms with van der Waals surface area (Å²) in [5, 5.41) is 18.4. The summed E-state index contributed by atoms with van der Waals surface area (Å²) in [4.78, 5) is 21.7. The van der Waals surface area contributed by atoms with E-state index >= 15 is 0 Å². The van der Waals surface area contributed by atoms with Gasteiger partial charge in [0.15, 0.2) is 12.3 Å². The van der Waals surface area contributed by atoms with Gasteiger partial charge in [0.25, 0.3) is 0 Å². The fraction of sp³-hybridized carbons (Fsp3) is 0.368. The molecule has 0 saturated carbocycles. The number of anilines is 1. The number of aromatic nitrogens is 5. The van der Waals surface area contributed by atoms with E-state index in [-0.39, 0.29) is 19.3 Å². The van der Waals surface area contributed by atoms with Crippen molar-refractivity contribution in [2.75, 3.05) is 18.5 Å². The number of allylic oxidation sites excluding steroid dienone is 4. The summed E-state index contributed by atoms with van der Waals surface area (Å²) in [7, 11) is 1.74. The molecule has 0 aromatic carbocycles. The maximum Gasteiger partial charge on any atom is 0.412 e. The second kappa shape index (κ2) is 9.27. The Morgan fingerprint density at radius 3 is 3.03 bits per heavy atom. The zero-order chi connectivity index (χ0) is 20.8. The second-order valence-electron chi connectivity index (χ2n) is 6.67. The molecule has 1 N–H and O–H groups in total. The van der Waals surface area contributed by atoms with Crippen molar-refractivity contribution in [3.63, 3.8) is 0 Å². The molecule has 11 nitrogen and oxygen atoms in total. The third kappa shape index (κ3) is 5.26. The van der Waals surface area contributed by atoms with Gasteiger partial charge in [-0.3, -0.25) is 5.32 Å². The Balaban J connectivity index is 1.40. The summed E-state index contributed by atoms with van der Waals surface area (Å²) in [6.07, 6.45) is 7.43. The molecule has 4 rings (SSSR count). The molecule has 0 bridgehead atoms. The van der Waals surface area contributed by atoms with Crippen LogP contribution in [0.15, 0.2) is 47.2 Å². The van der Waals surface area contributed by atoms with E-state index in [9.17, 15) is 4.79 Å². The van der Waals surface area contributed by atoms with Crippen LogP contribution in [0, 0.1) is 0 Å². The third-order valence-corrected chi connectivity index (χ3v) is 4.31. The molecule has 0 radical (unpaired) electrons. The molecule has 1 unspecified atom stereocenters. The minimum Gasteiger partial charge on any atom is -0.446 e. The fourth-order valence-corrected chi connectivity index (χ4v) is 2.71. The van der Waals surface area contributed by atoms with Gasteiger partial charge in [-0.15, -0.1) is 5.10 Å². The van der Waals surface area contributed by atoms with Gasteiger partial charge in [-0.2, -0.15) is 0 Å². The van der Waals surface area contributed by atoms with Crippen LogP contribution in [0.3, 0.4) is 0 Å². The van der Waals surface area contributed by atoms with Gasteiger partial charge in [0.2, 0.25) is 5.82 Å². The normalized spacial score (nSPS) is 18.0. The van der Waals surface area contributed by atoms with Gasteiger partial charge in [-0.25, -0.2) is 14.5 Å². The largest absolute Gasteiger partial charge is 0.446 e. The van der Waals surface area contributed by atoms with Crippen LogP contribution in [0.25, 0.3) is 0 Å². The van der Waals surface area contributed by atoms with Crippen LogP contribution in [0.1, 0.15) is 24.4 Å². The van der Waals surface area contributed by atoms with Crippen LogP contribution in [0.5, 0.6) is 0 Å². The highest BCUT2D eigenvalue weighted by atomic mass is 16.6. The molecular weight excluding hydrogens is 390 g/mol. The van der Waals surface area contributed by atoms with E-state index in [1.165, 1.54) is 4.68 Å². The molecule has 1 fully saturated rings. The Labute approximate surface area is 172 Å². The summed E-state index contributed by atoms with van der Waals surface area (Å²) in [6.45, 7) is 0.956. The summed E-state index contributed by atoms with van der Waals surface area (Å²) in [6, 6.07) is 5.19. The first kappa shape index (κ1) is 19.7. The van der Waals surface area contributed by atoms with E-state index in [4.69, 9.17) is 14.3 Å². The summed E-state index contributed by atoms with van der Waals surface area (Å²) < 4.78 is 11.6. The standard InChI is InChI=1S/C19H21N7O4/c1-26-18(22-24-25-26)17(13-6-3-2-4-7-13)23-30-10-14-8-5-9-16(20-14)21-19(27)29-12-15-11-28-15/h3,5-9,15H,2,4,10-12H2,1H3,(H,20,21,27)/b23-17-. The predicted molar refractivity (Wildman–Crippen MR) is 106 cm³/mol. The van der Waals surface area contributed by atoms with E-state index in [2.05, 4.69) is 43.1 Å². The monoisotopic (exact) mass is 411 g/mol. The Kier molecular flexibility index (Phi) is 6.09. The third-order valence-electron chi connectivity index (χ3n) is 4.31. The molecule has 156 valence electrons. The van der Waals surface area contributed by atoms with Crippen molar-refractivity contribution in [2.24, 2.45) is 12.2 Å². The Morgan fingerprint density at radius 2 is 2.30 bits per heavy atom. The quantitative estimate of drug-likeness (QED) is 0.395. The van der Waals surface area contributed by atoms with Gasteiger partial charge < -0.3 is 14.3 Å². The van der Waals surface area contributed by atoms with Crippen molar-refractivity contribution < 1.29 is 19.1 Å². The molecule has 1 saturated heterocycles. The van der Waals surface area contributed by atoms with Crippen LogP contribution < -0.4 is 5.32 Å². The summed E-state index contributed by atoms with van der Waals surface area (Å²) >= 11 is 0. The lowest BCUT2D eigenvalue weighted by molar-refractivity contribution is 0.128. The SMILES string of the molecule is Cn1nnnc1/C(=N\OCc1cccc(NC(=O)OCC2CO2)n1)C1=CCCC=C1. The molecule has 2 aliphatic rings. The molecular formula is C19H21N7O4. The molecule has 11 heteroatoms. The Hall–Kier alpha value is -3.60. The highest BCUT2D eigenvalue weighted by molar-refractivity contribution is 6.11. The first-order chi connectivity index (χ1) is 14.7. The number of nitrogens with one attached hydrogen (secondary N) is 1. The van der Waals surface area contributed by atoms with E-state index in [1.54, 1.807) is 25.2 Å². The number of amides is 1. The predicted octanol–water partition coefficient (Wildman–Crippen LogP) is 1.75. The number of nitrogens with zero attached hydrogens (tertiary/aromatic N) is 6. The molecule has 1 aliphatic heterocycles. The number of oxime groups is 1. The first-order valence-corrected chi connectivity index (χ1v) is 9.50. The van der Waals surface area contributed by atoms with Crippen LogP contribution in [-0.4, -0.2) is 56.3 Å². The molecule has 0 spiro atoms. The van der Waals surface area contributed by atoms with Gasteiger partial charge in [0.05, 0.1) is 12.3 Å². The number of hydrogen-bond donors (Lipinski definition) is 1. The average Bonchev–Trinajstić information content (AvgIpc) is 3.50. The van der Waals surface area contributed by atoms with Crippen LogP contribution >= 0.6 is 0 Å². The summed E-state index contributed by atoms with van der Waals surface area (Å²) in [5.41, 5.74) is 2.02. The van der Waals surface area contributed by atoms with Crippen molar-refractivity contribution in [1.82, 2.24) is 25.2 Å². The molecule has 30 heavy (non-hydrogen) atoms. The van der Waals surface area contributed by atoms with Crippen molar-refractivity contribution >= 4 is 17.6 Å². The van der Waals surface area contributed by atoms with Crippen molar-refractivity contribution in [2.45, 2.75) is 25.6 Å². The lowest BCUT2D eigenvalue weighted by atomic mass is 10.0. The van der Waals surface area contributed by atoms with Gasteiger partial charge >= 0.3 is 6.09 Å². The maximum atomic E-state index is 11.8. The Bertz CT molecular complexity index is 994. The molecule has 2 aromatic heterocycles. The molecule has 2 aromatic rings. The fourth-order valence-electron chi connectivity index (χ4n) is 2.71. The number of ether oxygens (including phenoxy) is 2. The van der Waals surface area contributed by atoms with Gasteiger partial charge in [0.1, 0.15) is 18.5 Å². The van der Waals surface area contributed by atoms with Gasteiger partial charge in [-0.05, 0) is 35.4 Å². The average molecular weight is 411 g/mol. The number of tetrazole rings is 1. The van der Waals surface area contributed by atoms with E-state index in [1.807, 2.05) is 6.08 Å². The molecule has 3 heterocycles. The minimum absolute atomic E-state index is 0.00809. The first-order valence-electron chi connectivity index (χ1n) is 9.50. The van der Waals surface area contributed by atoms with Crippen LogP contribution in [0.4, 0.5) is 10.6 Å². The zero-order valence-electron chi connectivity index (χ0n) is 16.4. The molecule has 1 aliphatic carbocycles. The molecule has 1 atom stereocenters. The topological polar surface area (TPSA) is 129 Å². The van der Waals surface area contributed by atoms with E-state index < -0.39 is 6.09 Å². The van der Waals surface area contributed by atoms with Gasteiger partial charge in [-0.1, -0.05) is 29.5 Å². The smallest absolute Gasteiger partial charge is 0.412 e. The maximum absolute atomic E-state index is 11.8. The lowest BCUT2D eigenvalue weighted by Crippen LogP contribution is -2.17. The van der Waals surface area contributed by atoms with E-state index in [0.29, 0.717) is 29.7 Å². The highest BCUT2D eigenvalue weighted by Crippen LogP contribution is 2.16. The van der Waals surface area contributed by atoms with Gasteiger partial charge in [0, 0.05) is 12.6 Å². The number of epoxide rings is 1. The lowest BCUT2D eigenvalue weighted by Gasteiger charge is -2.10. The number of rotatable bonds is 8. The Morgan fingerprint density at radius 1 is 1.40 bits per heavy atom. The van der Waals surface area contributed by atoms with Crippen LogP contribution in [0.2, 0.25) is 0 Å².